The summed E-state index contributed by atoms with van der Waals surface area (Å²) in [5, 5.41) is 0. The molecule has 9 heteroatoms. The number of ether oxygens (including phenoxy) is 9. The van der Waals surface area contributed by atoms with Crippen molar-refractivity contribution in [1.82, 2.24) is 0 Å². The molecule has 0 bridgehead atoms. The Bertz CT molecular complexity index is 542. The first kappa shape index (κ1) is 31.7. The molecule has 0 atom stereocenters. The van der Waals surface area contributed by atoms with Crippen molar-refractivity contribution in [1.29, 1.82) is 0 Å². The number of hydrogen-bond donors (Lipinski definition) is 0. The lowest BCUT2D eigenvalue weighted by Gasteiger charge is -2.09. The van der Waals surface area contributed by atoms with Gasteiger partial charge in [0.25, 0.3) is 0 Å². The largest absolute Gasteiger partial charge is 0.491 e. The maximum atomic E-state index is 5.59. The van der Waals surface area contributed by atoms with Crippen molar-refractivity contribution in [3.63, 3.8) is 0 Å². The Hall–Kier alpha value is -1.30. The van der Waals surface area contributed by atoms with Gasteiger partial charge in [0.15, 0.2) is 0 Å². The first-order valence-electron chi connectivity index (χ1n) is 12.6. The summed E-state index contributed by atoms with van der Waals surface area (Å²) in [7, 11) is 0. The second kappa shape index (κ2) is 25.8. The smallest absolute Gasteiger partial charge is 0.119 e. The zero-order valence-corrected chi connectivity index (χ0v) is 21.7. The maximum Gasteiger partial charge on any atom is 0.119 e. The van der Waals surface area contributed by atoms with Gasteiger partial charge in [0.05, 0.1) is 99.1 Å². The van der Waals surface area contributed by atoms with Gasteiger partial charge < -0.3 is 42.6 Å². The molecule has 0 unspecified atom stereocenters. The van der Waals surface area contributed by atoms with E-state index < -0.39 is 0 Å². The van der Waals surface area contributed by atoms with Crippen molar-refractivity contribution >= 4 is 0 Å². The van der Waals surface area contributed by atoms with Gasteiger partial charge in [-0.15, -0.1) is 0 Å². The number of hydrogen-bond acceptors (Lipinski definition) is 9. The molecule has 0 heterocycles. The van der Waals surface area contributed by atoms with Gasteiger partial charge in [0, 0.05) is 6.61 Å². The summed E-state index contributed by atoms with van der Waals surface area (Å²) >= 11 is 0. The molecule has 1 rings (SSSR count). The molecule has 0 N–H and O–H groups in total. The molecule has 204 valence electrons. The van der Waals surface area contributed by atoms with Crippen molar-refractivity contribution in [2.45, 2.75) is 20.3 Å². The third-order valence-corrected chi connectivity index (χ3v) is 4.47. The van der Waals surface area contributed by atoms with E-state index in [2.05, 4.69) is 6.92 Å². The third kappa shape index (κ3) is 22.9. The Balaban J connectivity index is 1.65. The van der Waals surface area contributed by atoms with Crippen molar-refractivity contribution in [3.8, 4) is 5.75 Å². The van der Waals surface area contributed by atoms with E-state index in [-0.39, 0.29) is 0 Å². The monoisotopic (exact) mass is 502 g/mol. The van der Waals surface area contributed by atoms with E-state index in [1.807, 2.05) is 31.2 Å². The standard InChI is InChI=1S/C26H46O9/c1-3-8-27-9-10-28-11-12-29-13-14-30-15-16-31-17-18-32-19-20-33-21-22-34-23-24-35-26-6-4-25(2)5-7-26/h4-7H,3,8-24H2,1-2H3. The van der Waals surface area contributed by atoms with E-state index in [4.69, 9.17) is 42.6 Å². The van der Waals surface area contributed by atoms with Crippen molar-refractivity contribution in [2.24, 2.45) is 0 Å². The highest BCUT2D eigenvalue weighted by atomic mass is 16.6. The van der Waals surface area contributed by atoms with E-state index in [1.165, 1.54) is 5.56 Å². The lowest BCUT2D eigenvalue weighted by Crippen LogP contribution is -2.15. The molecule has 0 fully saturated rings. The molecule has 0 aliphatic heterocycles. The van der Waals surface area contributed by atoms with Crippen LogP contribution in [0.5, 0.6) is 5.75 Å². The van der Waals surface area contributed by atoms with E-state index in [0.29, 0.717) is 106 Å². The molecule has 1 aromatic rings. The molecular formula is C26H46O9. The molecule has 0 saturated heterocycles. The molecule has 9 nitrogen and oxygen atoms in total. The molecule has 0 aliphatic rings. The van der Waals surface area contributed by atoms with Gasteiger partial charge in [-0.05, 0) is 25.5 Å². The Labute approximate surface area is 211 Å². The summed E-state index contributed by atoms with van der Waals surface area (Å²) in [5.74, 6) is 0.857. The molecule has 0 amide bonds. The first-order valence-corrected chi connectivity index (χ1v) is 12.6. The summed E-state index contributed by atoms with van der Waals surface area (Å²) in [5.41, 5.74) is 1.21. The minimum atomic E-state index is 0.524. The number of benzene rings is 1. The number of aryl methyl sites for hydroxylation is 1. The zero-order valence-electron chi connectivity index (χ0n) is 21.7. The van der Waals surface area contributed by atoms with Crippen LogP contribution in [-0.4, -0.2) is 112 Å². The highest BCUT2D eigenvalue weighted by Gasteiger charge is 1.96. The highest BCUT2D eigenvalue weighted by Crippen LogP contribution is 2.10. The molecule has 0 aliphatic carbocycles. The average Bonchev–Trinajstić information content (AvgIpc) is 2.87. The van der Waals surface area contributed by atoms with E-state index >= 15 is 0 Å². The highest BCUT2D eigenvalue weighted by molar-refractivity contribution is 5.26. The van der Waals surface area contributed by atoms with Gasteiger partial charge in [0.2, 0.25) is 0 Å². The molecule has 0 radical (unpaired) electrons. The van der Waals surface area contributed by atoms with Gasteiger partial charge in [-0.25, -0.2) is 0 Å². The van der Waals surface area contributed by atoms with Crippen LogP contribution in [0, 0.1) is 6.92 Å². The first-order chi connectivity index (χ1) is 17.3. The minimum absolute atomic E-state index is 0.524. The van der Waals surface area contributed by atoms with Gasteiger partial charge in [-0.3, -0.25) is 0 Å². The summed E-state index contributed by atoms with van der Waals surface area (Å²) in [6, 6.07) is 7.97. The molecule has 1 aromatic carbocycles. The van der Waals surface area contributed by atoms with Crippen LogP contribution in [0.15, 0.2) is 24.3 Å². The second-order valence-electron chi connectivity index (χ2n) is 7.56. The average molecular weight is 503 g/mol. The van der Waals surface area contributed by atoms with Crippen LogP contribution in [0.25, 0.3) is 0 Å². The van der Waals surface area contributed by atoms with Crippen LogP contribution in [-0.2, 0) is 37.9 Å². The fraction of sp³-hybridized carbons (Fsp3) is 0.769. The fourth-order valence-corrected chi connectivity index (χ4v) is 2.64. The summed E-state index contributed by atoms with van der Waals surface area (Å²) in [4.78, 5) is 0. The predicted molar refractivity (Wildman–Crippen MR) is 134 cm³/mol. The lowest BCUT2D eigenvalue weighted by atomic mass is 10.2. The van der Waals surface area contributed by atoms with Crippen molar-refractivity contribution in [2.75, 3.05) is 112 Å². The summed E-state index contributed by atoms with van der Waals surface area (Å²) in [6.07, 6.45) is 1.03. The van der Waals surface area contributed by atoms with Crippen molar-refractivity contribution < 1.29 is 42.6 Å². The summed E-state index contributed by atoms with van der Waals surface area (Å²) < 4.78 is 49.1. The van der Waals surface area contributed by atoms with Gasteiger partial charge in [-0.2, -0.15) is 0 Å². The molecule has 35 heavy (non-hydrogen) atoms. The number of rotatable bonds is 27. The molecule has 0 saturated carbocycles. The predicted octanol–water partition coefficient (Wildman–Crippen LogP) is 2.92. The third-order valence-electron chi connectivity index (χ3n) is 4.47. The quantitative estimate of drug-likeness (QED) is 0.169. The Kier molecular flexibility index (Phi) is 23.4. The Morgan fingerprint density at radius 2 is 0.686 bits per heavy atom. The zero-order chi connectivity index (χ0) is 25.1. The molecule has 0 spiro atoms. The van der Waals surface area contributed by atoms with Gasteiger partial charge in [0.1, 0.15) is 12.4 Å². The minimum Gasteiger partial charge on any atom is -0.491 e. The van der Waals surface area contributed by atoms with Gasteiger partial charge in [-0.1, -0.05) is 24.6 Å². The fourth-order valence-electron chi connectivity index (χ4n) is 2.64. The van der Waals surface area contributed by atoms with Gasteiger partial charge >= 0.3 is 0 Å². The molecule has 0 aromatic heterocycles. The van der Waals surface area contributed by atoms with E-state index in [0.717, 1.165) is 18.8 Å². The van der Waals surface area contributed by atoms with E-state index in [1.54, 1.807) is 0 Å². The Morgan fingerprint density at radius 3 is 1.00 bits per heavy atom. The van der Waals surface area contributed by atoms with Crippen LogP contribution in [0.2, 0.25) is 0 Å². The van der Waals surface area contributed by atoms with Crippen LogP contribution < -0.4 is 4.74 Å². The molecular weight excluding hydrogens is 456 g/mol. The van der Waals surface area contributed by atoms with Crippen molar-refractivity contribution in [3.05, 3.63) is 29.8 Å². The SMILES string of the molecule is CCCOCCOCCOCCOCCOCCOCCOCCOCCOc1ccc(C)cc1. The van der Waals surface area contributed by atoms with E-state index in [9.17, 15) is 0 Å². The Morgan fingerprint density at radius 1 is 0.400 bits per heavy atom. The van der Waals surface area contributed by atoms with Crippen LogP contribution in [0.1, 0.15) is 18.9 Å². The maximum absolute atomic E-state index is 5.59. The van der Waals surface area contributed by atoms with Crippen LogP contribution >= 0.6 is 0 Å². The second-order valence-corrected chi connectivity index (χ2v) is 7.56. The normalized spacial score (nSPS) is 11.3. The lowest BCUT2D eigenvalue weighted by molar-refractivity contribution is -0.0236. The van der Waals surface area contributed by atoms with Crippen LogP contribution in [0.3, 0.4) is 0 Å². The van der Waals surface area contributed by atoms with Crippen LogP contribution in [0.4, 0.5) is 0 Å². The summed E-state index contributed by atoms with van der Waals surface area (Å²) in [6.45, 7) is 13.7. The topological polar surface area (TPSA) is 83.1 Å².